The van der Waals surface area contributed by atoms with Crippen LogP contribution in [0.5, 0.6) is 17.2 Å². The van der Waals surface area contributed by atoms with Crippen molar-refractivity contribution in [1.29, 1.82) is 0 Å². The number of ether oxygens (including phenoxy) is 3. The number of rotatable bonds is 12. The second-order valence-corrected chi connectivity index (χ2v) is 8.38. The van der Waals surface area contributed by atoms with Crippen molar-refractivity contribution < 1.29 is 19.0 Å². The average Bonchev–Trinajstić information content (AvgIpc) is 2.93. The van der Waals surface area contributed by atoms with Crippen molar-refractivity contribution in [3.63, 3.8) is 0 Å². The van der Waals surface area contributed by atoms with Crippen LogP contribution >= 0.6 is 0 Å². The fourth-order valence-corrected chi connectivity index (χ4v) is 3.51. The van der Waals surface area contributed by atoms with Gasteiger partial charge in [0.15, 0.2) is 0 Å². The quantitative estimate of drug-likeness (QED) is 0.216. The fourth-order valence-electron chi connectivity index (χ4n) is 3.51. The zero-order valence-corrected chi connectivity index (χ0v) is 20.5. The van der Waals surface area contributed by atoms with Gasteiger partial charge in [-0.15, -0.1) is 0 Å². The third-order valence-corrected chi connectivity index (χ3v) is 5.58. The molecule has 0 unspecified atom stereocenters. The number of hydrogen-bond acceptors (Lipinski definition) is 4. The molecule has 1 amide bonds. The molecule has 0 saturated carbocycles. The van der Waals surface area contributed by atoms with E-state index < -0.39 is 0 Å². The summed E-state index contributed by atoms with van der Waals surface area (Å²) in [5.74, 6) is 1.98. The van der Waals surface area contributed by atoms with Crippen LogP contribution in [0.2, 0.25) is 0 Å². The Balaban J connectivity index is 1.29. The Morgan fingerprint density at radius 1 is 0.667 bits per heavy atom. The molecule has 0 aromatic heterocycles. The lowest BCUT2D eigenvalue weighted by Crippen LogP contribution is -2.13. The van der Waals surface area contributed by atoms with Crippen molar-refractivity contribution in [1.82, 2.24) is 0 Å². The van der Waals surface area contributed by atoms with Crippen molar-refractivity contribution in [2.45, 2.75) is 33.0 Å². The second kappa shape index (κ2) is 13.0. The van der Waals surface area contributed by atoms with Crippen molar-refractivity contribution >= 4 is 11.6 Å². The van der Waals surface area contributed by atoms with Crippen LogP contribution in [-0.2, 0) is 13.2 Å². The van der Waals surface area contributed by atoms with Crippen LogP contribution in [0.3, 0.4) is 0 Å². The molecule has 4 aromatic carbocycles. The summed E-state index contributed by atoms with van der Waals surface area (Å²) in [7, 11) is 0. The molecule has 36 heavy (non-hydrogen) atoms. The predicted octanol–water partition coefficient (Wildman–Crippen LogP) is 7.28. The van der Waals surface area contributed by atoms with Crippen LogP contribution in [0.4, 0.5) is 5.69 Å². The Hall–Kier alpha value is -4.25. The number of carbonyl (C=O) groups is 1. The molecular weight excluding hydrogens is 450 g/mol. The number of amides is 1. The van der Waals surface area contributed by atoms with E-state index in [4.69, 9.17) is 14.2 Å². The lowest BCUT2D eigenvalue weighted by atomic mass is 10.2. The Morgan fingerprint density at radius 3 is 2.03 bits per heavy atom. The summed E-state index contributed by atoms with van der Waals surface area (Å²) in [5, 5.41) is 2.95. The van der Waals surface area contributed by atoms with Gasteiger partial charge in [-0.2, -0.15) is 0 Å². The highest BCUT2D eigenvalue weighted by Gasteiger charge is 2.10. The Labute approximate surface area is 212 Å². The Bertz CT molecular complexity index is 1220. The number of para-hydroxylation sites is 2. The SMILES string of the molecule is CCCCOc1ccc(COc2ccc(C(=O)Nc3ccccc3OCc3ccccc3)cc2)cc1. The topological polar surface area (TPSA) is 56.8 Å². The van der Waals surface area contributed by atoms with Gasteiger partial charge in [0.1, 0.15) is 30.5 Å². The van der Waals surface area contributed by atoms with E-state index in [0.29, 0.717) is 36.0 Å². The Morgan fingerprint density at radius 2 is 1.28 bits per heavy atom. The monoisotopic (exact) mass is 481 g/mol. The van der Waals surface area contributed by atoms with Crippen LogP contribution in [0.15, 0.2) is 103 Å². The molecule has 0 aliphatic carbocycles. The van der Waals surface area contributed by atoms with E-state index in [0.717, 1.165) is 36.3 Å². The number of nitrogens with one attached hydrogen (secondary N) is 1. The van der Waals surface area contributed by atoms with Gasteiger partial charge >= 0.3 is 0 Å². The van der Waals surface area contributed by atoms with Crippen molar-refractivity contribution in [2.24, 2.45) is 0 Å². The highest BCUT2D eigenvalue weighted by atomic mass is 16.5. The fraction of sp³-hybridized carbons (Fsp3) is 0.194. The van der Waals surface area contributed by atoms with E-state index in [9.17, 15) is 4.79 Å². The summed E-state index contributed by atoms with van der Waals surface area (Å²) in [6.45, 7) is 3.74. The number of carbonyl (C=O) groups excluding carboxylic acids is 1. The van der Waals surface area contributed by atoms with Gasteiger partial charge in [-0.25, -0.2) is 0 Å². The van der Waals surface area contributed by atoms with Crippen molar-refractivity contribution in [2.75, 3.05) is 11.9 Å². The van der Waals surface area contributed by atoms with Gasteiger partial charge in [-0.1, -0.05) is 67.9 Å². The molecule has 0 heterocycles. The summed E-state index contributed by atoms with van der Waals surface area (Å²) in [6, 6.07) is 32.4. The second-order valence-electron chi connectivity index (χ2n) is 8.38. The average molecular weight is 482 g/mol. The van der Waals surface area contributed by atoms with Gasteiger partial charge in [-0.3, -0.25) is 4.79 Å². The van der Waals surface area contributed by atoms with E-state index in [2.05, 4.69) is 12.2 Å². The van der Waals surface area contributed by atoms with Gasteiger partial charge in [0.25, 0.3) is 5.91 Å². The maximum Gasteiger partial charge on any atom is 0.255 e. The van der Waals surface area contributed by atoms with E-state index in [-0.39, 0.29) is 5.91 Å². The van der Waals surface area contributed by atoms with Gasteiger partial charge in [0.2, 0.25) is 0 Å². The smallest absolute Gasteiger partial charge is 0.255 e. The first-order valence-electron chi connectivity index (χ1n) is 12.2. The molecule has 184 valence electrons. The molecule has 0 saturated heterocycles. The normalized spacial score (nSPS) is 10.5. The van der Waals surface area contributed by atoms with E-state index in [1.165, 1.54) is 0 Å². The molecule has 0 bridgehead atoms. The summed E-state index contributed by atoms with van der Waals surface area (Å²) in [4.78, 5) is 12.8. The maximum absolute atomic E-state index is 12.8. The number of hydrogen-bond donors (Lipinski definition) is 1. The van der Waals surface area contributed by atoms with E-state index in [1.54, 1.807) is 24.3 Å². The highest BCUT2D eigenvalue weighted by molar-refractivity contribution is 6.05. The minimum absolute atomic E-state index is 0.212. The van der Waals surface area contributed by atoms with Crippen molar-refractivity contribution in [3.05, 3.63) is 120 Å². The molecular formula is C31H31NO4. The van der Waals surface area contributed by atoms with E-state index in [1.807, 2.05) is 78.9 Å². The van der Waals surface area contributed by atoms with Crippen molar-refractivity contribution in [3.8, 4) is 17.2 Å². The summed E-state index contributed by atoms with van der Waals surface area (Å²) in [6.07, 6.45) is 2.16. The minimum Gasteiger partial charge on any atom is -0.494 e. The third-order valence-electron chi connectivity index (χ3n) is 5.58. The van der Waals surface area contributed by atoms with Crippen LogP contribution in [-0.4, -0.2) is 12.5 Å². The van der Waals surface area contributed by atoms with Crippen LogP contribution < -0.4 is 19.5 Å². The summed E-state index contributed by atoms with van der Waals surface area (Å²) >= 11 is 0. The van der Waals surface area contributed by atoms with Gasteiger partial charge in [-0.05, 0) is 66.1 Å². The van der Waals surface area contributed by atoms with Crippen LogP contribution in [0, 0.1) is 0 Å². The first-order valence-corrected chi connectivity index (χ1v) is 12.2. The molecule has 4 rings (SSSR count). The molecule has 0 spiro atoms. The minimum atomic E-state index is -0.212. The van der Waals surface area contributed by atoms with Crippen LogP contribution in [0.1, 0.15) is 41.3 Å². The maximum atomic E-state index is 12.8. The number of benzene rings is 4. The zero-order valence-electron chi connectivity index (χ0n) is 20.5. The summed E-state index contributed by atoms with van der Waals surface area (Å²) < 4.78 is 17.5. The molecule has 0 fully saturated rings. The molecule has 5 nitrogen and oxygen atoms in total. The first kappa shape index (κ1) is 24.9. The van der Waals surface area contributed by atoms with Gasteiger partial charge < -0.3 is 19.5 Å². The molecule has 0 atom stereocenters. The lowest BCUT2D eigenvalue weighted by molar-refractivity contribution is 0.102. The lowest BCUT2D eigenvalue weighted by Gasteiger charge is -2.13. The van der Waals surface area contributed by atoms with E-state index >= 15 is 0 Å². The molecule has 4 aromatic rings. The molecule has 1 N–H and O–H groups in total. The first-order chi connectivity index (χ1) is 17.7. The number of anilines is 1. The van der Waals surface area contributed by atoms with Gasteiger partial charge in [0, 0.05) is 5.56 Å². The standard InChI is InChI=1S/C31H31NO4/c1-2-3-21-34-27-17-13-25(14-18-27)22-35-28-19-15-26(16-20-28)31(33)32-29-11-7-8-12-30(29)36-23-24-9-5-4-6-10-24/h4-20H,2-3,21-23H2,1H3,(H,32,33). The van der Waals surface area contributed by atoms with Gasteiger partial charge in [0.05, 0.1) is 12.3 Å². The summed E-state index contributed by atoms with van der Waals surface area (Å²) in [5.41, 5.74) is 3.27. The molecule has 5 heteroatoms. The molecule has 0 aliphatic rings. The molecule has 0 radical (unpaired) electrons. The third kappa shape index (κ3) is 7.37. The predicted molar refractivity (Wildman–Crippen MR) is 143 cm³/mol. The van der Waals surface area contributed by atoms with Crippen LogP contribution in [0.25, 0.3) is 0 Å². The largest absolute Gasteiger partial charge is 0.494 e. The highest BCUT2D eigenvalue weighted by Crippen LogP contribution is 2.26. The number of unbranched alkanes of at least 4 members (excludes halogenated alkanes) is 1. The molecule has 0 aliphatic heterocycles. The zero-order chi connectivity index (χ0) is 25.0. The Kier molecular flexibility index (Phi) is 8.98.